The van der Waals surface area contributed by atoms with Gasteiger partial charge in [-0.25, -0.2) is 0 Å². The lowest BCUT2D eigenvalue weighted by molar-refractivity contribution is 0.212. The highest BCUT2D eigenvalue weighted by Gasteiger charge is 2.02. The van der Waals surface area contributed by atoms with E-state index in [2.05, 4.69) is 41.5 Å². The summed E-state index contributed by atoms with van der Waals surface area (Å²) in [5.74, 6) is 1.68. The maximum absolute atomic E-state index is 8.75. The summed E-state index contributed by atoms with van der Waals surface area (Å²) in [6.45, 7) is 14.1. The van der Waals surface area contributed by atoms with Crippen molar-refractivity contribution >= 4 is 8.60 Å². The predicted molar refractivity (Wildman–Crippen MR) is 135 cm³/mol. The third-order valence-corrected chi connectivity index (χ3v) is 5.40. The molecule has 3 unspecified atom stereocenters. The van der Waals surface area contributed by atoms with Crippen LogP contribution in [0.1, 0.15) is 119 Å². The number of hydrogen-bond donors (Lipinski definition) is 6. The lowest BCUT2D eigenvalue weighted by atomic mass is 10.0. The molecule has 0 aliphatic heterocycles. The fourth-order valence-corrected chi connectivity index (χ4v) is 2.75. The molecule has 0 heterocycles. The molecule has 31 heavy (non-hydrogen) atoms. The molecule has 3 atom stereocenters. The molecular weight excluding hydrogens is 415 g/mol. The minimum absolute atomic E-state index is 0.372. The standard InChI is InChI=1S/3C8H18O.H3O3P/c3*1-3-5-6-8(4-2)7-9;1-4(2)3/h3*8-9H,3-7H2,1-2H3;1-3H. The Hall–Kier alpha value is 0.190. The highest BCUT2D eigenvalue weighted by atomic mass is 31.2. The Kier molecular flexibility index (Phi) is 43.2. The van der Waals surface area contributed by atoms with E-state index < -0.39 is 8.60 Å². The van der Waals surface area contributed by atoms with Crippen molar-refractivity contribution in [1.82, 2.24) is 0 Å². The van der Waals surface area contributed by atoms with Crippen LogP contribution >= 0.6 is 8.60 Å². The van der Waals surface area contributed by atoms with Gasteiger partial charge in [0.15, 0.2) is 0 Å². The van der Waals surface area contributed by atoms with Gasteiger partial charge >= 0.3 is 8.60 Å². The third-order valence-electron chi connectivity index (χ3n) is 5.40. The van der Waals surface area contributed by atoms with Gasteiger partial charge in [0.1, 0.15) is 0 Å². The summed E-state index contributed by atoms with van der Waals surface area (Å²) < 4.78 is 0. The first-order chi connectivity index (χ1) is 14.8. The Morgan fingerprint density at radius 1 is 0.484 bits per heavy atom. The highest BCUT2D eigenvalue weighted by molar-refractivity contribution is 7.38. The van der Waals surface area contributed by atoms with E-state index in [-0.39, 0.29) is 0 Å². The van der Waals surface area contributed by atoms with Crippen LogP contribution in [0.15, 0.2) is 0 Å². The average molecular weight is 473 g/mol. The summed E-state index contributed by atoms with van der Waals surface area (Å²) in [7, 11) is -2.62. The van der Waals surface area contributed by atoms with Gasteiger partial charge in [0, 0.05) is 19.8 Å². The smallest absolute Gasteiger partial charge is 0.324 e. The van der Waals surface area contributed by atoms with E-state index in [0.29, 0.717) is 37.6 Å². The van der Waals surface area contributed by atoms with Crippen LogP contribution < -0.4 is 0 Å². The Labute approximate surface area is 195 Å². The maximum Gasteiger partial charge on any atom is 0.324 e. The summed E-state index contributed by atoms with van der Waals surface area (Å²) in [6.07, 6.45) is 14.5. The van der Waals surface area contributed by atoms with Gasteiger partial charge in [0.2, 0.25) is 0 Å². The second-order valence-electron chi connectivity index (χ2n) is 8.07. The van der Waals surface area contributed by atoms with Gasteiger partial charge in [-0.15, -0.1) is 0 Å². The number of rotatable bonds is 15. The van der Waals surface area contributed by atoms with Crippen LogP contribution in [0, 0.1) is 17.8 Å². The van der Waals surface area contributed by atoms with E-state index in [9.17, 15) is 0 Å². The van der Waals surface area contributed by atoms with Gasteiger partial charge in [-0.3, -0.25) is 0 Å². The Balaban J connectivity index is -0.000000162. The summed E-state index contributed by atoms with van der Waals surface area (Å²) in [4.78, 5) is 21.7. The van der Waals surface area contributed by atoms with E-state index in [1.165, 1.54) is 57.8 Å². The van der Waals surface area contributed by atoms with Crippen molar-refractivity contribution in [1.29, 1.82) is 0 Å². The normalized spacial score (nSPS) is 13.1. The molecule has 0 saturated heterocycles. The molecule has 0 aliphatic carbocycles. The van der Waals surface area contributed by atoms with Crippen LogP contribution in [-0.2, 0) is 0 Å². The van der Waals surface area contributed by atoms with Gasteiger partial charge in [-0.1, -0.05) is 99.3 Å². The zero-order chi connectivity index (χ0) is 24.9. The fraction of sp³-hybridized carbons (Fsp3) is 1.00. The second kappa shape index (κ2) is 34.8. The lowest BCUT2D eigenvalue weighted by Gasteiger charge is -2.08. The Morgan fingerprint density at radius 3 is 0.774 bits per heavy atom. The van der Waals surface area contributed by atoms with Gasteiger partial charge in [-0.2, -0.15) is 0 Å². The number of hydrogen-bond acceptors (Lipinski definition) is 6. The zero-order valence-corrected chi connectivity index (χ0v) is 22.4. The predicted octanol–water partition coefficient (Wildman–Crippen LogP) is 5.78. The molecule has 6 nitrogen and oxygen atoms in total. The number of aliphatic hydroxyl groups is 3. The van der Waals surface area contributed by atoms with Gasteiger partial charge in [0.25, 0.3) is 0 Å². The monoisotopic (exact) mass is 472 g/mol. The largest absolute Gasteiger partial charge is 0.396 e. The zero-order valence-electron chi connectivity index (χ0n) is 21.5. The summed E-state index contributed by atoms with van der Waals surface area (Å²) in [5.41, 5.74) is 0. The highest BCUT2D eigenvalue weighted by Crippen LogP contribution is 2.12. The molecule has 0 saturated carbocycles. The molecule has 0 aliphatic rings. The van der Waals surface area contributed by atoms with Crippen molar-refractivity contribution in [3.63, 3.8) is 0 Å². The van der Waals surface area contributed by atoms with Crippen molar-refractivity contribution in [2.45, 2.75) is 119 Å². The molecule has 0 aromatic carbocycles. The van der Waals surface area contributed by atoms with Crippen LogP contribution in [0.3, 0.4) is 0 Å². The summed E-state index contributed by atoms with van der Waals surface area (Å²) >= 11 is 0. The molecule has 194 valence electrons. The average Bonchev–Trinajstić information content (AvgIpc) is 2.77. The fourth-order valence-electron chi connectivity index (χ4n) is 2.75. The van der Waals surface area contributed by atoms with Crippen LogP contribution in [-0.4, -0.2) is 49.8 Å². The van der Waals surface area contributed by atoms with Gasteiger partial charge in [-0.05, 0) is 37.0 Å². The van der Waals surface area contributed by atoms with Crippen LogP contribution in [0.5, 0.6) is 0 Å². The maximum atomic E-state index is 8.75. The first-order valence-corrected chi connectivity index (χ1v) is 13.7. The molecule has 0 fully saturated rings. The number of unbranched alkanes of at least 4 members (excludes halogenated alkanes) is 3. The molecule has 0 amide bonds. The molecule has 0 radical (unpaired) electrons. The SMILES string of the molecule is CCCCC(CC)CO.CCCCC(CC)CO.CCCCC(CC)CO.OP(O)O. The quantitative estimate of drug-likeness (QED) is 0.168. The molecule has 0 rings (SSSR count). The summed E-state index contributed by atoms with van der Waals surface area (Å²) in [6, 6.07) is 0. The Morgan fingerprint density at radius 2 is 0.677 bits per heavy atom. The molecule has 6 N–H and O–H groups in total. The topological polar surface area (TPSA) is 121 Å². The molecule has 7 heteroatoms. The van der Waals surface area contributed by atoms with Crippen molar-refractivity contribution in [2.75, 3.05) is 19.8 Å². The van der Waals surface area contributed by atoms with E-state index in [4.69, 9.17) is 30.0 Å². The van der Waals surface area contributed by atoms with Crippen molar-refractivity contribution in [2.24, 2.45) is 17.8 Å². The van der Waals surface area contributed by atoms with Crippen molar-refractivity contribution in [3.05, 3.63) is 0 Å². The molecule has 0 aromatic rings. The summed E-state index contributed by atoms with van der Waals surface area (Å²) in [5, 5.41) is 26.3. The van der Waals surface area contributed by atoms with Crippen LogP contribution in [0.2, 0.25) is 0 Å². The van der Waals surface area contributed by atoms with E-state index >= 15 is 0 Å². The minimum atomic E-state index is -2.62. The van der Waals surface area contributed by atoms with Crippen molar-refractivity contribution < 1.29 is 30.0 Å². The Bertz CT molecular complexity index is 230. The molecule has 0 aromatic heterocycles. The molecule has 0 bridgehead atoms. The van der Waals surface area contributed by atoms with E-state index in [0.717, 1.165) is 19.3 Å². The third kappa shape index (κ3) is 41.0. The molecular formula is C24H57O6P. The minimum Gasteiger partial charge on any atom is -0.396 e. The van der Waals surface area contributed by atoms with Gasteiger partial charge in [0.05, 0.1) is 0 Å². The second-order valence-corrected chi connectivity index (χ2v) is 8.60. The van der Waals surface area contributed by atoms with Gasteiger partial charge < -0.3 is 30.0 Å². The van der Waals surface area contributed by atoms with E-state index in [1.807, 2.05) is 0 Å². The van der Waals surface area contributed by atoms with Crippen LogP contribution in [0.25, 0.3) is 0 Å². The van der Waals surface area contributed by atoms with Crippen LogP contribution in [0.4, 0.5) is 0 Å². The first kappa shape index (κ1) is 38.5. The first-order valence-electron chi connectivity index (χ1n) is 12.5. The lowest BCUT2D eigenvalue weighted by Crippen LogP contribution is -2.03. The van der Waals surface area contributed by atoms with E-state index in [1.54, 1.807) is 0 Å². The van der Waals surface area contributed by atoms with Crippen molar-refractivity contribution in [3.8, 4) is 0 Å². The number of aliphatic hydroxyl groups excluding tert-OH is 3. The molecule has 0 spiro atoms.